The molecule has 0 bridgehead atoms. The average molecular weight is 513 g/mol. The topological polar surface area (TPSA) is 73.1 Å². The Hall–Kier alpha value is -2.13. The molecule has 2 rings (SSSR count). The molecule has 2 aromatic rings. The van der Waals surface area contributed by atoms with E-state index in [2.05, 4.69) is 58.9 Å². The first-order chi connectivity index (χ1) is 15.9. The van der Waals surface area contributed by atoms with Crippen molar-refractivity contribution in [2.45, 2.75) is 60.8 Å². The number of hydrogen-bond acceptors (Lipinski definition) is 6. The molecule has 0 fully saturated rings. The summed E-state index contributed by atoms with van der Waals surface area (Å²) in [5, 5.41) is 21.8. The van der Waals surface area contributed by atoms with E-state index in [-0.39, 0.29) is 11.5 Å². The summed E-state index contributed by atoms with van der Waals surface area (Å²) in [6.45, 7) is 12.6. The van der Waals surface area contributed by atoms with Gasteiger partial charge in [-0.25, -0.2) is 0 Å². The summed E-state index contributed by atoms with van der Waals surface area (Å²) < 4.78 is 1.70. The zero-order chi connectivity index (χ0) is 26.5. The fourth-order valence-corrected chi connectivity index (χ4v) is 1.42. The molecule has 186 valence electrons. The molecule has 0 radical (unpaired) electrons. The molecule has 0 spiro atoms. The van der Waals surface area contributed by atoms with Gasteiger partial charge in [0, 0.05) is 21.0 Å². The summed E-state index contributed by atoms with van der Waals surface area (Å²) >= 11 is 3.89. The highest BCUT2D eigenvalue weighted by Crippen LogP contribution is 2.09. The highest BCUT2D eigenvalue weighted by Gasteiger charge is 1.89. The van der Waals surface area contributed by atoms with E-state index in [4.69, 9.17) is 10.2 Å². The lowest BCUT2D eigenvalue weighted by Crippen LogP contribution is -1.94. The Kier molecular flexibility index (Phi) is 37.1. The van der Waals surface area contributed by atoms with E-state index in [1.807, 2.05) is 20.9 Å². The van der Waals surface area contributed by atoms with Crippen molar-refractivity contribution >= 4 is 47.0 Å². The van der Waals surface area contributed by atoms with Crippen LogP contribution in [-0.4, -0.2) is 40.8 Å². The third kappa shape index (κ3) is 29.9. The molecule has 0 aliphatic carbocycles. The van der Waals surface area contributed by atoms with Gasteiger partial charge in [-0.1, -0.05) is 78.9 Å². The standard InChI is InChI=1S/C9H11N2OP.C7H6O2.C4H10.C3H8.C2H6.HPS/c1-11(13-2)10-7-8-3-5-9(12)6-4-8;8-5-6-1-3-7(9)4-2-6;1-3-4-2;1-3-2;2*1-2/h3-7,12H,2H2,1H3;1-5,9H;3-4H2,1-2H3;3H2,1-2H3;1-2H3;1H/b10-7+;;;;;. The van der Waals surface area contributed by atoms with Crippen LogP contribution in [0.25, 0.3) is 0 Å². The first kappa shape index (κ1) is 38.1. The van der Waals surface area contributed by atoms with Crippen LogP contribution in [0.3, 0.4) is 0 Å². The molecule has 0 saturated carbocycles. The molecular weight excluding hydrogens is 470 g/mol. The maximum atomic E-state index is 10.0. The smallest absolute Gasteiger partial charge is 0.150 e. The van der Waals surface area contributed by atoms with Gasteiger partial charge in [-0.3, -0.25) is 9.57 Å². The van der Waals surface area contributed by atoms with Crippen LogP contribution in [0.4, 0.5) is 0 Å². The van der Waals surface area contributed by atoms with Crippen LogP contribution < -0.4 is 0 Å². The van der Waals surface area contributed by atoms with Gasteiger partial charge in [0.25, 0.3) is 0 Å². The number of carbonyl (C=O) groups is 1. The molecule has 2 N–H and O–H groups in total. The second-order valence-corrected chi connectivity index (χ2v) is 6.75. The molecule has 5 nitrogen and oxygen atoms in total. The fraction of sp³-hybridized carbons (Fsp3) is 0.400. The third-order valence-electron chi connectivity index (χ3n) is 3.00. The molecule has 0 saturated heterocycles. The average Bonchev–Trinajstić information content (AvgIpc) is 2.87. The number of unbranched alkanes of at least 4 members (excludes halogenated alkanes) is 1. The van der Waals surface area contributed by atoms with Gasteiger partial charge >= 0.3 is 0 Å². The van der Waals surface area contributed by atoms with Crippen molar-refractivity contribution < 1.29 is 15.0 Å². The number of nitrogens with zero attached hydrogens (tertiary/aromatic N) is 2. The zero-order valence-corrected chi connectivity index (χ0v) is 23.9. The number of hydrazone groups is 1. The lowest BCUT2D eigenvalue weighted by Gasteiger charge is -2.02. The Morgan fingerprint density at radius 3 is 1.52 bits per heavy atom. The van der Waals surface area contributed by atoms with Crippen LogP contribution in [0.2, 0.25) is 0 Å². The number of benzene rings is 2. The van der Waals surface area contributed by atoms with Crippen molar-refractivity contribution in [3.8, 4) is 11.5 Å². The van der Waals surface area contributed by atoms with Crippen molar-refractivity contribution in [2.75, 3.05) is 7.05 Å². The van der Waals surface area contributed by atoms with Gasteiger partial charge in [0.15, 0.2) is 0 Å². The summed E-state index contributed by atoms with van der Waals surface area (Å²) in [6.07, 6.45) is 10.0. The van der Waals surface area contributed by atoms with E-state index in [0.717, 1.165) is 20.2 Å². The summed E-state index contributed by atoms with van der Waals surface area (Å²) in [5.41, 5.74) is 1.53. The number of carbonyl (C=O) groups excluding carboxylic acids is 1. The van der Waals surface area contributed by atoms with Crippen LogP contribution in [0.1, 0.15) is 76.7 Å². The lowest BCUT2D eigenvalue weighted by molar-refractivity contribution is 0.112. The zero-order valence-electron chi connectivity index (χ0n) is 21.2. The summed E-state index contributed by atoms with van der Waals surface area (Å²) in [7, 11) is 5.24. The number of phenolic OH excluding ortho intramolecular Hbond substituents is 2. The Morgan fingerprint density at radius 2 is 1.24 bits per heavy atom. The normalized spacial score (nSPS) is 8.45. The van der Waals surface area contributed by atoms with Gasteiger partial charge in [0.05, 0.1) is 6.21 Å². The number of aldehydes is 1. The summed E-state index contributed by atoms with van der Waals surface area (Å²) in [5.74, 6) is 0.446. The van der Waals surface area contributed by atoms with Crippen molar-refractivity contribution in [1.82, 2.24) is 4.78 Å². The molecule has 8 heteroatoms. The molecule has 33 heavy (non-hydrogen) atoms. The lowest BCUT2D eigenvalue weighted by atomic mass is 10.2. The van der Waals surface area contributed by atoms with E-state index >= 15 is 0 Å². The predicted molar refractivity (Wildman–Crippen MR) is 155 cm³/mol. The van der Waals surface area contributed by atoms with E-state index in [1.54, 1.807) is 47.4 Å². The van der Waals surface area contributed by atoms with Gasteiger partial charge in [0.1, 0.15) is 17.8 Å². The Balaban J connectivity index is -0.000000183. The maximum Gasteiger partial charge on any atom is 0.150 e. The maximum absolute atomic E-state index is 10.0. The van der Waals surface area contributed by atoms with Gasteiger partial charge in [-0.15, -0.1) is 0 Å². The first-order valence-electron chi connectivity index (χ1n) is 10.9. The van der Waals surface area contributed by atoms with Crippen LogP contribution in [0, 0.1) is 0 Å². The SMILES string of the molecule is C=PN(C)/N=C/c1ccc(O)cc1.CC.CCC.CCCC.O=Cc1ccc(O)cc1.P=S. The Morgan fingerprint density at radius 1 is 0.909 bits per heavy atom. The van der Waals surface area contributed by atoms with Crippen molar-refractivity contribution in [3.05, 3.63) is 59.7 Å². The summed E-state index contributed by atoms with van der Waals surface area (Å²) in [6, 6.07) is 12.9. The van der Waals surface area contributed by atoms with Crippen molar-refractivity contribution in [3.63, 3.8) is 0 Å². The molecule has 0 heterocycles. The fourth-order valence-electron chi connectivity index (χ4n) is 1.30. The number of aromatic hydroxyl groups is 2. The highest BCUT2D eigenvalue weighted by atomic mass is 32.4. The molecule has 0 amide bonds. The van der Waals surface area contributed by atoms with E-state index in [1.165, 1.54) is 31.4 Å². The van der Waals surface area contributed by atoms with Gasteiger partial charge < -0.3 is 10.2 Å². The number of phenols is 2. The molecule has 0 aromatic heterocycles. The van der Waals surface area contributed by atoms with Gasteiger partial charge in [-0.2, -0.15) is 5.10 Å². The molecular formula is C25H42N2O3P2S. The van der Waals surface area contributed by atoms with Crippen molar-refractivity contribution in [1.29, 1.82) is 0 Å². The molecule has 0 aliphatic heterocycles. The van der Waals surface area contributed by atoms with Crippen LogP contribution in [0.15, 0.2) is 53.6 Å². The second kappa shape index (κ2) is 32.1. The first-order valence-corrected chi connectivity index (χ1v) is 13.5. The molecule has 0 unspecified atom stereocenters. The predicted octanol–water partition coefficient (Wildman–Crippen LogP) is 8.00. The second-order valence-electron chi connectivity index (χ2n) is 5.88. The van der Waals surface area contributed by atoms with E-state index in [9.17, 15) is 4.79 Å². The minimum absolute atomic E-state index is 0.181. The molecule has 0 atom stereocenters. The van der Waals surface area contributed by atoms with Gasteiger partial charge in [-0.05, 0) is 62.1 Å². The van der Waals surface area contributed by atoms with E-state index in [0.29, 0.717) is 5.56 Å². The highest BCUT2D eigenvalue weighted by molar-refractivity contribution is 7.88. The van der Waals surface area contributed by atoms with E-state index < -0.39 is 0 Å². The van der Waals surface area contributed by atoms with Crippen molar-refractivity contribution in [2.24, 2.45) is 5.10 Å². The third-order valence-corrected chi connectivity index (χ3v) is 3.51. The van der Waals surface area contributed by atoms with Crippen LogP contribution >= 0.6 is 16.4 Å². The largest absolute Gasteiger partial charge is 0.508 e. The summed E-state index contributed by atoms with van der Waals surface area (Å²) in [4.78, 5) is 10.0. The number of rotatable bonds is 5. The number of hydrogen-bond donors (Lipinski definition) is 2. The quantitative estimate of drug-likeness (QED) is 0.184. The van der Waals surface area contributed by atoms with Crippen LogP contribution in [-0.2, 0) is 11.8 Å². The van der Waals surface area contributed by atoms with Gasteiger partial charge in [0.2, 0.25) is 0 Å². The Bertz CT molecular complexity index is 696. The minimum atomic E-state index is 0.181. The minimum Gasteiger partial charge on any atom is -0.508 e. The van der Waals surface area contributed by atoms with Crippen LogP contribution in [0.5, 0.6) is 11.5 Å². The Labute approximate surface area is 210 Å². The molecule has 0 aliphatic rings. The molecule has 2 aromatic carbocycles. The monoisotopic (exact) mass is 512 g/mol.